The number of hydrogen-bond donors (Lipinski definition) is 1. The molecule has 0 saturated heterocycles. The van der Waals surface area contributed by atoms with Crippen molar-refractivity contribution in [3.63, 3.8) is 0 Å². The van der Waals surface area contributed by atoms with Crippen LogP contribution in [-0.2, 0) is 7.05 Å². The van der Waals surface area contributed by atoms with E-state index in [1.807, 2.05) is 11.4 Å². The van der Waals surface area contributed by atoms with E-state index >= 15 is 0 Å². The summed E-state index contributed by atoms with van der Waals surface area (Å²) in [5.74, 6) is -0.500. The summed E-state index contributed by atoms with van der Waals surface area (Å²) in [6.07, 6.45) is 0. The van der Waals surface area contributed by atoms with E-state index in [1.54, 1.807) is 61.6 Å². The number of carbonyl (C=O) groups excluding carboxylic acids is 2. The highest BCUT2D eigenvalue weighted by Crippen LogP contribution is 2.21. The molecular formula is C22H16N2O4S. The van der Waals surface area contributed by atoms with Gasteiger partial charge >= 0.3 is 5.97 Å². The molecule has 1 N–H and O–H groups in total. The van der Waals surface area contributed by atoms with Gasteiger partial charge in [-0.15, -0.1) is 11.3 Å². The summed E-state index contributed by atoms with van der Waals surface area (Å²) in [6, 6.07) is 18.5. The van der Waals surface area contributed by atoms with Gasteiger partial charge in [0.05, 0.1) is 16.0 Å². The number of ether oxygens (including phenoxy) is 1. The molecule has 2 aromatic heterocycles. The minimum atomic E-state index is -0.616. The molecule has 2 heterocycles. The Kier molecular flexibility index (Phi) is 4.97. The van der Waals surface area contributed by atoms with Crippen LogP contribution in [0.4, 0.5) is 5.69 Å². The second-order valence-corrected chi connectivity index (χ2v) is 7.27. The van der Waals surface area contributed by atoms with E-state index in [0.29, 0.717) is 27.2 Å². The molecule has 0 aliphatic carbocycles. The van der Waals surface area contributed by atoms with Crippen molar-refractivity contribution in [2.24, 2.45) is 7.05 Å². The third kappa shape index (κ3) is 3.81. The highest BCUT2D eigenvalue weighted by molar-refractivity contribution is 7.12. The van der Waals surface area contributed by atoms with Gasteiger partial charge in [-0.05, 0) is 41.8 Å². The maximum Gasteiger partial charge on any atom is 0.344 e. The Labute approximate surface area is 170 Å². The molecule has 6 nitrogen and oxygen atoms in total. The number of pyridine rings is 1. The minimum absolute atomic E-state index is 0.198. The Bertz CT molecular complexity index is 1260. The molecule has 144 valence electrons. The lowest BCUT2D eigenvalue weighted by atomic mass is 10.1. The molecule has 7 heteroatoms. The quantitative estimate of drug-likeness (QED) is 0.411. The molecule has 0 saturated carbocycles. The van der Waals surface area contributed by atoms with Crippen molar-refractivity contribution in [1.29, 1.82) is 0 Å². The Balaban J connectivity index is 1.54. The van der Waals surface area contributed by atoms with E-state index < -0.39 is 5.97 Å². The first kappa shape index (κ1) is 18.6. The number of aromatic nitrogens is 1. The van der Waals surface area contributed by atoms with Gasteiger partial charge in [-0.25, -0.2) is 4.79 Å². The fourth-order valence-electron chi connectivity index (χ4n) is 2.95. The first-order chi connectivity index (χ1) is 14.0. The lowest BCUT2D eigenvalue weighted by Gasteiger charge is -2.10. The lowest BCUT2D eigenvalue weighted by molar-refractivity contribution is 0.0736. The first-order valence-electron chi connectivity index (χ1n) is 8.79. The van der Waals surface area contributed by atoms with Crippen molar-refractivity contribution in [1.82, 2.24) is 4.57 Å². The van der Waals surface area contributed by atoms with Gasteiger partial charge in [0.2, 0.25) is 0 Å². The maximum atomic E-state index is 12.7. The number of fused-ring (bicyclic) bond motifs is 1. The van der Waals surface area contributed by atoms with E-state index in [2.05, 4.69) is 5.32 Å². The fraction of sp³-hybridized carbons (Fsp3) is 0.0455. The van der Waals surface area contributed by atoms with Crippen LogP contribution < -0.4 is 15.6 Å². The third-order valence-corrected chi connectivity index (χ3v) is 5.31. The van der Waals surface area contributed by atoms with E-state index in [-0.39, 0.29) is 17.0 Å². The Morgan fingerprint density at radius 2 is 1.76 bits per heavy atom. The normalized spacial score (nSPS) is 10.7. The van der Waals surface area contributed by atoms with Crippen molar-refractivity contribution >= 4 is 39.8 Å². The zero-order valence-electron chi connectivity index (χ0n) is 15.4. The molecule has 1 amide bonds. The summed E-state index contributed by atoms with van der Waals surface area (Å²) in [5, 5.41) is 5.25. The van der Waals surface area contributed by atoms with Crippen LogP contribution in [0.25, 0.3) is 10.9 Å². The second kappa shape index (κ2) is 7.73. The van der Waals surface area contributed by atoms with Crippen LogP contribution in [0.5, 0.6) is 5.75 Å². The molecule has 0 spiro atoms. The molecule has 0 fully saturated rings. The van der Waals surface area contributed by atoms with Crippen LogP contribution in [0.1, 0.15) is 20.0 Å². The molecule has 0 aliphatic heterocycles. The fourth-order valence-corrected chi connectivity index (χ4v) is 3.57. The van der Waals surface area contributed by atoms with Crippen LogP contribution in [0, 0.1) is 0 Å². The van der Waals surface area contributed by atoms with E-state index in [1.165, 1.54) is 22.0 Å². The van der Waals surface area contributed by atoms with Gasteiger partial charge in [-0.3, -0.25) is 9.59 Å². The van der Waals surface area contributed by atoms with Crippen LogP contribution >= 0.6 is 11.3 Å². The summed E-state index contributed by atoms with van der Waals surface area (Å²) >= 11 is 1.35. The van der Waals surface area contributed by atoms with Gasteiger partial charge in [0.15, 0.2) is 0 Å². The van der Waals surface area contributed by atoms with Crippen molar-refractivity contribution in [3.8, 4) is 5.75 Å². The predicted molar refractivity (Wildman–Crippen MR) is 113 cm³/mol. The topological polar surface area (TPSA) is 77.4 Å². The second-order valence-electron chi connectivity index (χ2n) is 6.32. The largest absolute Gasteiger partial charge is 0.423 e. The standard InChI is InChI=1S/C22H16N2O4S/c1-24-18-6-3-2-5-16(18)17(13-20(24)25)22(27)28-15-10-8-14(9-11-15)23-21(26)19-7-4-12-29-19/h2-13H,1H3,(H,23,26). The predicted octanol–water partition coefficient (Wildman–Crippen LogP) is 4.07. The molecule has 2 aromatic carbocycles. The molecule has 0 atom stereocenters. The number of para-hydroxylation sites is 1. The van der Waals surface area contributed by atoms with Gasteiger partial charge < -0.3 is 14.6 Å². The third-order valence-electron chi connectivity index (χ3n) is 4.44. The van der Waals surface area contributed by atoms with Crippen LogP contribution in [-0.4, -0.2) is 16.4 Å². The van der Waals surface area contributed by atoms with Gasteiger partial charge in [0, 0.05) is 24.2 Å². The highest BCUT2D eigenvalue weighted by Gasteiger charge is 2.16. The Morgan fingerprint density at radius 1 is 1.00 bits per heavy atom. The number of amides is 1. The summed E-state index contributed by atoms with van der Waals surface area (Å²) in [6.45, 7) is 0. The average molecular weight is 404 g/mol. The van der Waals surface area contributed by atoms with E-state index in [0.717, 1.165) is 0 Å². The first-order valence-corrected chi connectivity index (χ1v) is 9.67. The van der Waals surface area contributed by atoms with E-state index in [4.69, 9.17) is 4.74 Å². The number of anilines is 1. The number of benzene rings is 2. The highest BCUT2D eigenvalue weighted by atomic mass is 32.1. The van der Waals surface area contributed by atoms with Crippen LogP contribution in [0.15, 0.2) is 76.9 Å². The summed E-state index contributed by atoms with van der Waals surface area (Å²) < 4.78 is 6.92. The summed E-state index contributed by atoms with van der Waals surface area (Å²) in [7, 11) is 1.66. The number of nitrogens with zero attached hydrogens (tertiary/aromatic N) is 1. The number of rotatable bonds is 4. The smallest absolute Gasteiger partial charge is 0.344 e. The summed E-state index contributed by atoms with van der Waals surface area (Å²) in [4.78, 5) is 37.5. The van der Waals surface area contributed by atoms with Crippen LogP contribution in [0.3, 0.4) is 0 Å². The molecule has 4 aromatic rings. The minimum Gasteiger partial charge on any atom is -0.423 e. The molecule has 0 unspecified atom stereocenters. The van der Waals surface area contributed by atoms with Gasteiger partial charge in [0.25, 0.3) is 11.5 Å². The number of aryl methyl sites for hydroxylation is 1. The summed E-state index contributed by atoms with van der Waals surface area (Å²) in [5.41, 5.74) is 1.15. The number of nitrogens with one attached hydrogen (secondary N) is 1. The average Bonchev–Trinajstić information content (AvgIpc) is 3.27. The molecule has 4 rings (SSSR count). The van der Waals surface area contributed by atoms with Crippen LogP contribution in [0.2, 0.25) is 0 Å². The Morgan fingerprint density at radius 3 is 2.48 bits per heavy atom. The molecular weight excluding hydrogens is 388 g/mol. The Hall–Kier alpha value is -3.71. The zero-order chi connectivity index (χ0) is 20.4. The van der Waals surface area contributed by atoms with E-state index in [9.17, 15) is 14.4 Å². The van der Waals surface area contributed by atoms with Crippen molar-refractivity contribution in [3.05, 3.63) is 92.9 Å². The van der Waals surface area contributed by atoms with Crippen molar-refractivity contribution < 1.29 is 14.3 Å². The van der Waals surface area contributed by atoms with Crippen molar-refractivity contribution in [2.45, 2.75) is 0 Å². The number of thiophene rings is 1. The molecule has 0 radical (unpaired) electrons. The molecule has 0 bridgehead atoms. The molecule has 29 heavy (non-hydrogen) atoms. The number of esters is 1. The van der Waals surface area contributed by atoms with Gasteiger partial charge in [0.1, 0.15) is 5.75 Å². The van der Waals surface area contributed by atoms with Crippen molar-refractivity contribution in [2.75, 3.05) is 5.32 Å². The zero-order valence-corrected chi connectivity index (χ0v) is 16.2. The maximum absolute atomic E-state index is 12.7. The molecule has 0 aliphatic rings. The number of hydrogen-bond acceptors (Lipinski definition) is 5. The van der Waals surface area contributed by atoms with Gasteiger partial charge in [-0.1, -0.05) is 24.3 Å². The van der Waals surface area contributed by atoms with Gasteiger partial charge in [-0.2, -0.15) is 0 Å². The monoisotopic (exact) mass is 404 g/mol. The number of carbonyl (C=O) groups is 2. The lowest BCUT2D eigenvalue weighted by Crippen LogP contribution is -2.20. The SMILES string of the molecule is Cn1c(=O)cc(C(=O)Oc2ccc(NC(=O)c3cccs3)cc2)c2ccccc21.